The Labute approximate surface area is 181 Å². The number of nitrogens with zero attached hydrogens (tertiary/aromatic N) is 2. The number of guanidine groups is 1. The van der Waals surface area contributed by atoms with Crippen molar-refractivity contribution in [2.24, 2.45) is 4.99 Å². The second kappa shape index (κ2) is 10.8. The number of hydrogen-bond acceptors (Lipinski definition) is 3. The van der Waals surface area contributed by atoms with Crippen molar-refractivity contribution >= 4 is 47.2 Å². The third-order valence-electron chi connectivity index (χ3n) is 4.40. The molecule has 1 unspecified atom stereocenters. The van der Waals surface area contributed by atoms with E-state index < -0.39 is 0 Å². The largest absolute Gasteiger partial charge is 0.369 e. The Morgan fingerprint density at radius 3 is 2.71 bits per heavy atom. The Balaban J connectivity index is 0.00000280. The van der Waals surface area contributed by atoms with Gasteiger partial charge in [-0.15, -0.1) is 24.0 Å². The minimum atomic E-state index is -0.387. The number of rotatable bonds is 5. The molecule has 1 saturated heterocycles. The molecule has 1 aliphatic rings. The van der Waals surface area contributed by atoms with E-state index in [-0.39, 0.29) is 48.3 Å². The molecule has 1 atom stereocenters. The Morgan fingerprint density at radius 1 is 1.21 bits per heavy atom. The van der Waals surface area contributed by atoms with E-state index in [9.17, 15) is 9.18 Å². The molecule has 0 aliphatic carbocycles. The fourth-order valence-electron chi connectivity index (χ4n) is 3.07. The Kier molecular flexibility index (Phi) is 8.49. The monoisotopic (exact) mass is 497 g/mol. The van der Waals surface area contributed by atoms with E-state index in [0.717, 1.165) is 19.5 Å². The van der Waals surface area contributed by atoms with Gasteiger partial charge in [-0.1, -0.05) is 24.3 Å². The van der Waals surface area contributed by atoms with Crippen LogP contribution in [-0.2, 0) is 4.79 Å². The molecule has 1 fully saturated rings. The number of carbonyl (C=O) groups excluding carboxylic acids is 1. The van der Waals surface area contributed by atoms with E-state index in [4.69, 9.17) is 0 Å². The molecule has 3 rings (SSSR count). The number of amides is 1. The first-order valence-corrected chi connectivity index (χ1v) is 8.96. The average Bonchev–Trinajstić information content (AvgIpc) is 3.14. The lowest BCUT2D eigenvalue weighted by atomic mass is 10.3. The van der Waals surface area contributed by atoms with Crippen LogP contribution in [0.4, 0.5) is 15.8 Å². The highest BCUT2D eigenvalue weighted by Gasteiger charge is 2.23. The number of benzene rings is 2. The standard InChI is InChI=1S/C20H24FN5O.HI/c1-22-20(23-13-19(27)24-16-7-5-6-15(21)12-16)25-17-10-11-26(14-17)18-8-3-2-4-9-18;/h2-9,12,17H,10-11,13-14H2,1H3,(H,24,27)(H2,22,23,25);1H. The highest BCUT2D eigenvalue weighted by atomic mass is 127. The van der Waals surface area contributed by atoms with Crippen molar-refractivity contribution in [3.8, 4) is 0 Å². The van der Waals surface area contributed by atoms with Gasteiger partial charge in [0.25, 0.3) is 0 Å². The summed E-state index contributed by atoms with van der Waals surface area (Å²) in [7, 11) is 1.67. The van der Waals surface area contributed by atoms with Crippen LogP contribution in [0.25, 0.3) is 0 Å². The fourth-order valence-corrected chi connectivity index (χ4v) is 3.07. The molecule has 1 amide bonds. The summed E-state index contributed by atoms with van der Waals surface area (Å²) in [6.45, 7) is 1.89. The van der Waals surface area contributed by atoms with Gasteiger partial charge in [-0.3, -0.25) is 9.79 Å². The van der Waals surface area contributed by atoms with Crippen LogP contribution >= 0.6 is 24.0 Å². The number of halogens is 2. The van der Waals surface area contributed by atoms with Gasteiger partial charge in [-0.2, -0.15) is 0 Å². The maximum atomic E-state index is 13.2. The minimum absolute atomic E-state index is 0. The van der Waals surface area contributed by atoms with Crippen molar-refractivity contribution < 1.29 is 9.18 Å². The summed E-state index contributed by atoms with van der Waals surface area (Å²) >= 11 is 0. The fraction of sp³-hybridized carbons (Fsp3) is 0.300. The van der Waals surface area contributed by atoms with Gasteiger partial charge >= 0.3 is 0 Å². The zero-order valence-corrected chi connectivity index (χ0v) is 18.0. The molecule has 0 bridgehead atoms. The highest BCUT2D eigenvalue weighted by molar-refractivity contribution is 14.0. The molecular formula is C20H25FIN5O. The Bertz CT molecular complexity index is 802. The number of aliphatic imine (C=N–C) groups is 1. The SMILES string of the molecule is CN=C(NCC(=O)Nc1cccc(F)c1)NC1CCN(c2ccccc2)C1.I. The van der Waals surface area contributed by atoms with Gasteiger partial charge in [0.1, 0.15) is 5.82 Å². The van der Waals surface area contributed by atoms with Crippen LogP contribution in [0.5, 0.6) is 0 Å². The molecule has 0 radical (unpaired) electrons. The van der Waals surface area contributed by atoms with Crippen LogP contribution in [0.1, 0.15) is 6.42 Å². The van der Waals surface area contributed by atoms with Crippen LogP contribution in [-0.4, -0.2) is 44.6 Å². The first kappa shape index (κ1) is 21.9. The molecule has 0 saturated carbocycles. The second-order valence-corrected chi connectivity index (χ2v) is 6.40. The molecule has 1 heterocycles. The van der Waals surface area contributed by atoms with Gasteiger partial charge in [-0.25, -0.2) is 4.39 Å². The second-order valence-electron chi connectivity index (χ2n) is 6.40. The molecule has 150 valence electrons. The molecule has 8 heteroatoms. The third-order valence-corrected chi connectivity index (χ3v) is 4.40. The molecule has 2 aromatic carbocycles. The van der Waals surface area contributed by atoms with E-state index in [2.05, 4.69) is 38.0 Å². The van der Waals surface area contributed by atoms with Crippen LogP contribution in [0.2, 0.25) is 0 Å². The first-order valence-electron chi connectivity index (χ1n) is 8.96. The molecule has 28 heavy (non-hydrogen) atoms. The zero-order chi connectivity index (χ0) is 19.1. The first-order chi connectivity index (χ1) is 13.1. The average molecular weight is 497 g/mol. The maximum absolute atomic E-state index is 13.2. The molecule has 2 aromatic rings. The third kappa shape index (κ3) is 6.36. The molecule has 0 aromatic heterocycles. The smallest absolute Gasteiger partial charge is 0.243 e. The summed E-state index contributed by atoms with van der Waals surface area (Å²) in [4.78, 5) is 18.5. The lowest BCUT2D eigenvalue weighted by Crippen LogP contribution is -2.46. The summed E-state index contributed by atoms with van der Waals surface area (Å²) in [5, 5.41) is 9.00. The number of nitrogens with one attached hydrogen (secondary N) is 3. The van der Waals surface area contributed by atoms with E-state index in [1.807, 2.05) is 18.2 Å². The molecular weight excluding hydrogens is 472 g/mol. The quantitative estimate of drug-likeness (QED) is 0.338. The van der Waals surface area contributed by atoms with Crippen molar-refractivity contribution in [1.29, 1.82) is 0 Å². The molecule has 0 spiro atoms. The van der Waals surface area contributed by atoms with Crippen LogP contribution in [0.15, 0.2) is 59.6 Å². The molecule has 3 N–H and O–H groups in total. The van der Waals surface area contributed by atoms with Gasteiger partial charge in [0.2, 0.25) is 5.91 Å². The summed E-state index contributed by atoms with van der Waals surface area (Å²) in [5.41, 5.74) is 1.64. The number of hydrogen-bond donors (Lipinski definition) is 3. The summed E-state index contributed by atoms with van der Waals surface area (Å²) in [6.07, 6.45) is 0.991. The Morgan fingerprint density at radius 2 is 2.00 bits per heavy atom. The maximum Gasteiger partial charge on any atom is 0.243 e. The van der Waals surface area contributed by atoms with Gasteiger partial charge < -0.3 is 20.9 Å². The van der Waals surface area contributed by atoms with Gasteiger partial charge in [-0.05, 0) is 36.8 Å². The lowest BCUT2D eigenvalue weighted by molar-refractivity contribution is -0.115. The predicted molar refractivity (Wildman–Crippen MR) is 122 cm³/mol. The van der Waals surface area contributed by atoms with E-state index >= 15 is 0 Å². The predicted octanol–water partition coefficient (Wildman–Crippen LogP) is 2.83. The Hall–Kier alpha value is -2.36. The van der Waals surface area contributed by atoms with Crippen molar-refractivity contribution in [2.45, 2.75) is 12.5 Å². The highest BCUT2D eigenvalue weighted by Crippen LogP contribution is 2.19. The van der Waals surface area contributed by atoms with Crippen molar-refractivity contribution in [1.82, 2.24) is 10.6 Å². The lowest BCUT2D eigenvalue weighted by Gasteiger charge is -2.20. The van der Waals surface area contributed by atoms with Crippen LogP contribution in [0, 0.1) is 5.82 Å². The van der Waals surface area contributed by atoms with Crippen molar-refractivity contribution in [3.05, 3.63) is 60.4 Å². The zero-order valence-electron chi connectivity index (χ0n) is 15.7. The summed E-state index contributed by atoms with van der Waals surface area (Å²) in [6, 6.07) is 16.3. The molecule has 1 aliphatic heterocycles. The van der Waals surface area contributed by atoms with Crippen LogP contribution < -0.4 is 20.9 Å². The van der Waals surface area contributed by atoms with Gasteiger partial charge in [0, 0.05) is 37.6 Å². The van der Waals surface area contributed by atoms with Crippen molar-refractivity contribution in [2.75, 3.05) is 36.9 Å². The van der Waals surface area contributed by atoms with E-state index in [1.54, 1.807) is 19.2 Å². The summed E-state index contributed by atoms with van der Waals surface area (Å²) < 4.78 is 13.2. The van der Waals surface area contributed by atoms with Crippen LogP contribution in [0.3, 0.4) is 0 Å². The molecule has 6 nitrogen and oxygen atoms in total. The van der Waals surface area contributed by atoms with Gasteiger partial charge in [0.05, 0.1) is 6.54 Å². The number of para-hydroxylation sites is 1. The topological polar surface area (TPSA) is 68.8 Å². The summed E-state index contributed by atoms with van der Waals surface area (Å²) in [5.74, 6) is -0.0763. The van der Waals surface area contributed by atoms with E-state index in [1.165, 1.54) is 17.8 Å². The number of carbonyl (C=O) groups is 1. The van der Waals surface area contributed by atoms with E-state index in [0.29, 0.717) is 11.6 Å². The normalized spacial score (nSPS) is 16.3. The number of anilines is 2. The van der Waals surface area contributed by atoms with Gasteiger partial charge in [0.15, 0.2) is 5.96 Å². The van der Waals surface area contributed by atoms with Crippen molar-refractivity contribution in [3.63, 3.8) is 0 Å². The minimum Gasteiger partial charge on any atom is -0.369 e.